The molecule has 6 nitrogen and oxygen atoms in total. The summed E-state index contributed by atoms with van der Waals surface area (Å²) in [5.41, 5.74) is 10.4. The molecule has 0 amide bonds. The Morgan fingerprint density at radius 3 is 2.57 bits per heavy atom. The smallest absolute Gasteiger partial charge is 0.335 e. The van der Waals surface area contributed by atoms with E-state index in [-0.39, 0.29) is 5.56 Å². The first kappa shape index (κ1) is 14.8. The highest BCUT2D eigenvalue weighted by atomic mass is 16.4. The molecule has 2 heterocycles. The van der Waals surface area contributed by atoms with Crippen molar-refractivity contribution in [2.75, 3.05) is 5.73 Å². The molecule has 0 radical (unpaired) electrons. The number of anilines is 1. The number of nitrogens with two attached hydrogens (primary N) is 1. The second kappa shape index (κ2) is 5.57. The van der Waals surface area contributed by atoms with Crippen molar-refractivity contribution < 1.29 is 9.90 Å². The van der Waals surface area contributed by atoms with Crippen LogP contribution in [-0.2, 0) is 7.05 Å². The summed E-state index contributed by atoms with van der Waals surface area (Å²) in [4.78, 5) is 15.4. The van der Waals surface area contributed by atoms with Crippen molar-refractivity contribution in [3.8, 4) is 22.3 Å². The minimum Gasteiger partial charge on any atom is -0.478 e. The van der Waals surface area contributed by atoms with Gasteiger partial charge in [0.15, 0.2) is 0 Å². The Labute approximate surface area is 133 Å². The number of carboxylic acid groups (broad SMARTS) is 1. The number of aryl methyl sites for hydroxylation is 2. The lowest BCUT2D eigenvalue weighted by Gasteiger charge is -2.09. The summed E-state index contributed by atoms with van der Waals surface area (Å²) in [6.07, 6.45) is 5.36. The van der Waals surface area contributed by atoms with Crippen LogP contribution in [0.3, 0.4) is 0 Å². The molecule has 3 N–H and O–H groups in total. The molecule has 0 saturated heterocycles. The zero-order valence-corrected chi connectivity index (χ0v) is 12.8. The molecule has 0 fully saturated rings. The third-order valence-corrected chi connectivity index (χ3v) is 3.72. The van der Waals surface area contributed by atoms with Crippen LogP contribution < -0.4 is 5.73 Å². The fourth-order valence-corrected chi connectivity index (χ4v) is 2.51. The van der Waals surface area contributed by atoms with E-state index in [9.17, 15) is 4.79 Å². The Kier molecular flexibility index (Phi) is 3.57. The van der Waals surface area contributed by atoms with E-state index in [0.717, 1.165) is 22.3 Å². The number of rotatable bonds is 3. The van der Waals surface area contributed by atoms with Crippen molar-refractivity contribution in [3.05, 3.63) is 54.0 Å². The minimum absolute atomic E-state index is 0.281. The molecule has 0 aliphatic carbocycles. The number of pyridine rings is 1. The minimum atomic E-state index is -0.941. The van der Waals surface area contributed by atoms with Gasteiger partial charge in [-0.05, 0) is 30.2 Å². The molecule has 0 unspecified atom stereocenters. The molecule has 116 valence electrons. The third kappa shape index (κ3) is 2.78. The Bertz CT molecular complexity index is 899. The van der Waals surface area contributed by atoms with Crippen LogP contribution in [0.4, 0.5) is 5.82 Å². The molecule has 0 bridgehead atoms. The lowest BCUT2D eigenvalue weighted by Crippen LogP contribution is -2.00. The quantitative estimate of drug-likeness (QED) is 0.776. The van der Waals surface area contributed by atoms with Crippen molar-refractivity contribution in [1.82, 2.24) is 14.8 Å². The molecule has 23 heavy (non-hydrogen) atoms. The summed E-state index contributed by atoms with van der Waals surface area (Å²) >= 11 is 0. The maximum Gasteiger partial charge on any atom is 0.335 e. The van der Waals surface area contributed by atoms with Crippen molar-refractivity contribution in [1.29, 1.82) is 0 Å². The van der Waals surface area contributed by atoms with Gasteiger partial charge in [0.25, 0.3) is 0 Å². The van der Waals surface area contributed by atoms with E-state index in [2.05, 4.69) is 10.1 Å². The monoisotopic (exact) mass is 308 g/mol. The molecule has 1 aromatic carbocycles. The van der Waals surface area contributed by atoms with Gasteiger partial charge in [-0.3, -0.25) is 4.68 Å². The number of hydrogen-bond donors (Lipinski definition) is 2. The van der Waals surface area contributed by atoms with Gasteiger partial charge in [0, 0.05) is 36.1 Å². The standard InChI is InChI=1S/C17H16N4O2/c1-10-5-11(3-4-14(10)17(22)23)15-6-12(7-19-16(15)18)13-8-20-21(2)9-13/h3-9H,1-2H3,(H2,18,19)(H,22,23). The first-order valence-electron chi connectivity index (χ1n) is 7.04. The fraction of sp³-hybridized carbons (Fsp3) is 0.118. The zero-order chi connectivity index (χ0) is 16.6. The van der Waals surface area contributed by atoms with Crippen LogP contribution in [0.2, 0.25) is 0 Å². The second-order valence-corrected chi connectivity index (χ2v) is 5.39. The maximum atomic E-state index is 11.1. The van der Waals surface area contributed by atoms with E-state index in [1.807, 2.05) is 25.4 Å². The van der Waals surface area contributed by atoms with E-state index in [1.165, 1.54) is 0 Å². The highest BCUT2D eigenvalue weighted by molar-refractivity contribution is 5.91. The fourth-order valence-electron chi connectivity index (χ4n) is 2.51. The highest BCUT2D eigenvalue weighted by Crippen LogP contribution is 2.30. The summed E-state index contributed by atoms with van der Waals surface area (Å²) in [5, 5.41) is 13.3. The van der Waals surface area contributed by atoms with E-state index in [1.54, 1.807) is 36.1 Å². The van der Waals surface area contributed by atoms with Crippen LogP contribution in [0.25, 0.3) is 22.3 Å². The largest absolute Gasteiger partial charge is 0.478 e. The number of nitrogen functional groups attached to an aromatic ring is 1. The molecule has 3 aromatic rings. The maximum absolute atomic E-state index is 11.1. The van der Waals surface area contributed by atoms with Gasteiger partial charge in [-0.25, -0.2) is 9.78 Å². The molecule has 0 aliphatic rings. The molecule has 0 atom stereocenters. The first-order valence-corrected chi connectivity index (χ1v) is 7.04. The molecule has 0 aliphatic heterocycles. The number of carboxylic acids is 1. The first-order chi connectivity index (χ1) is 11.0. The second-order valence-electron chi connectivity index (χ2n) is 5.39. The normalized spacial score (nSPS) is 10.7. The van der Waals surface area contributed by atoms with Gasteiger partial charge >= 0.3 is 5.97 Å². The average molecular weight is 308 g/mol. The van der Waals surface area contributed by atoms with E-state index < -0.39 is 5.97 Å². The SMILES string of the molecule is Cc1cc(-c2cc(-c3cnn(C)c3)cnc2N)ccc1C(=O)O. The van der Waals surface area contributed by atoms with Crippen LogP contribution >= 0.6 is 0 Å². The third-order valence-electron chi connectivity index (χ3n) is 3.72. The number of aromatic carboxylic acids is 1. The highest BCUT2D eigenvalue weighted by Gasteiger charge is 2.12. The Hall–Kier alpha value is -3.15. The summed E-state index contributed by atoms with van der Waals surface area (Å²) < 4.78 is 1.72. The molecule has 6 heteroatoms. The van der Waals surface area contributed by atoms with E-state index >= 15 is 0 Å². The van der Waals surface area contributed by atoms with E-state index in [4.69, 9.17) is 10.8 Å². The average Bonchev–Trinajstić information content (AvgIpc) is 2.94. The van der Waals surface area contributed by atoms with Gasteiger partial charge in [0.05, 0.1) is 11.8 Å². The van der Waals surface area contributed by atoms with Crippen LogP contribution in [0.15, 0.2) is 42.9 Å². The summed E-state index contributed by atoms with van der Waals surface area (Å²) in [7, 11) is 1.85. The van der Waals surface area contributed by atoms with Crippen LogP contribution in [0.5, 0.6) is 0 Å². The van der Waals surface area contributed by atoms with E-state index in [0.29, 0.717) is 11.4 Å². The van der Waals surface area contributed by atoms with Gasteiger partial charge < -0.3 is 10.8 Å². The number of benzene rings is 1. The molecule has 2 aromatic heterocycles. The predicted molar refractivity (Wildman–Crippen MR) is 88.0 cm³/mol. The number of nitrogens with zero attached hydrogens (tertiary/aromatic N) is 3. The molecule has 0 saturated carbocycles. The van der Waals surface area contributed by atoms with Crippen LogP contribution in [0.1, 0.15) is 15.9 Å². The lowest BCUT2D eigenvalue weighted by molar-refractivity contribution is 0.0696. The molecular formula is C17H16N4O2. The topological polar surface area (TPSA) is 94.0 Å². The van der Waals surface area contributed by atoms with Gasteiger partial charge in [0.1, 0.15) is 5.82 Å². The van der Waals surface area contributed by atoms with Crippen molar-refractivity contribution in [2.45, 2.75) is 6.92 Å². The van der Waals surface area contributed by atoms with Crippen molar-refractivity contribution in [2.24, 2.45) is 7.05 Å². The molecule has 3 rings (SSSR count). The molecular weight excluding hydrogens is 292 g/mol. The molecule has 0 spiro atoms. The lowest BCUT2D eigenvalue weighted by atomic mass is 9.98. The van der Waals surface area contributed by atoms with Gasteiger partial charge in [-0.1, -0.05) is 12.1 Å². The van der Waals surface area contributed by atoms with Crippen molar-refractivity contribution in [3.63, 3.8) is 0 Å². The predicted octanol–water partition coefficient (Wildman–Crippen LogP) is 2.74. The summed E-state index contributed by atoms with van der Waals surface area (Å²) in [6, 6.07) is 7.08. The summed E-state index contributed by atoms with van der Waals surface area (Å²) in [5.74, 6) is -0.538. The van der Waals surface area contributed by atoms with Gasteiger partial charge in [0.2, 0.25) is 0 Å². The Morgan fingerprint density at radius 1 is 1.17 bits per heavy atom. The summed E-state index contributed by atoms with van der Waals surface area (Å²) in [6.45, 7) is 1.77. The van der Waals surface area contributed by atoms with Gasteiger partial charge in [-0.15, -0.1) is 0 Å². The van der Waals surface area contributed by atoms with Gasteiger partial charge in [-0.2, -0.15) is 5.10 Å². The number of carbonyl (C=O) groups is 1. The zero-order valence-electron chi connectivity index (χ0n) is 12.8. The van der Waals surface area contributed by atoms with Crippen molar-refractivity contribution >= 4 is 11.8 Å². The number of hydrogen-bond acceptors (Lipinski definition) is 4. The van der Waals surface area contributed by atoms with Crippen LogP contribution in [-0.4, -0.2) is 25.8 Å². The Morgan fingerprint density at radius 2 is 1.96 bits per heavy atom. The van der Waals surface area contributed by atoms with Crippen LogP contribution in [0, 0.1) is 6.92 Å². The Balaban J connectivity index is 2.09. The number of aromatic nitrogens is 3.